The molecule has 1 aromatic carbocycles. The minimum Gasteiger partial charge on any atom is -0.475 e. The number of rotatable bonds is 3. The highest BCUT2D eigenvalue weighted by atomic mass is 32.2. The Morgan fingerprint density at radius 3 is 2.68 bits per heavy atom. The van der Waals surface area contributed by atoms with Crippen molar-refractivity contribution in [2.24, 2.45) is 0 Å². The minimum atomic E-state index is -1.23. The van der Waals surface area contributed by atoms with Crippen molar-refractivity contribution in [3.63, 3.8) is 0 Å². The van der Waals surface area contributed by atoms with Gasteiger partial charge in [-0.05, 0) is 30.2 Å². The number of benzene rings is 1. The number of thioether (sulfide) groups is 1. The molecule has 2 aromatic rings. The zero-order valence-electron chi connectivity index (χ0n) is 13.5. The number of ether oxygens (including phenoxy) is 1. The van der Waals surface area contributed by atoms with E-state index in [1.54, 1.807) is 18.3 Å². The maximum absolute atomic E-state index is 10.0. The summed E-state index contributed by atoms with van der Waals surface area (Å²) in [6, 6.07) is 9.44. The largest absolute Gasteiger partial charge is 0.475 e. The average Bonchev–Trinajstić information content (AvgIpc) is 2.62. The van der Waals surface area contributed by atoms with Gasteiger partial charge in [-0.2, -0.15) is 5.26 Å². The van der Waals surface area contributed by atoms with Crippen LogP contribution in [0.5, 0.6) is 5.75 Å². The van der Waals surface area contributed by atoms with Gasteiger partial charge in [0.05, 0.1) is 23.9 Å². The molecule has 1 aliphatic heterocycles. The van der Waals surface area contributed by atoms with Crippen LogP contribution in [0.25, 0.3) is 11.1 Å². The van der Waals surface area contributed by atoms with Gasteiger partial charge in [-0.3, -0.25) is 4.98 Å². The van der Waals surface area contributed by atoms with Crippen LogP contribution in [-0.4, -0.2) is 49.8 Å². The summed E-state index contributed by atoms with van der Waals surface area (Å²) < 4.78 is 5.75. The molecule has 6 nitrogen and oxygen atoms in total. The third-order valence-corrected chi connectivity index (χ3v) is 5.34. The number of pyridine rings is 1. The third kappa shape index (κ3) is 3.78. The molecule has 0 bridgehead atoms. The number of aryl methyl sites for hydroxylation is 1. The van der Waals surface area contributed by atoms with E-state index in [2.05, 4.69) is 11.1 Å². The maximum atomic E-state index is 10.0. The number of aromatic nitrogens is 1. The van der Waals surface area contributed by atoms with Crippen LogP contribution in [-0.2, 0) is 0 Å². The molecule has 130 valence electrons. The van der Waals surface area contributed by atoms with E-state index in [9.17, 15) is 15.3 Å². The summed E-state index contributed by atoms with van der Waals surface area (Å²) in [4.78, 5) is 4.16. The Balaban J connectivity index is 1.80. The molecule has 0 spiro atoms. The molecule has 0 saturated carbocycles. The second-order valence-corrected chi connectivity index (χ2v) is 7.05. The molecule has 0 unspecified atom stereocenters. The van der Waals surface area contributed by atoms with Gasteiger partial charge in [0.15, 0.2) is 5.44 Å². The molecule has 1 aliphatic rings. The van der Waals surface area contributed by atoms with Crippen molar-refractivity contribution in [3.8, 4) is 22.9 Å². The molecule has 0 aliphatic carbocycles. The first-order valence-electron chi connectivity index (χ1n) is 7.78. The summed E-state index contributed by atoms with van der Waals surface area (Å²) in [6.07, 6.45) is -0.161. The van der Waals surface area contributed by atoms with E-state index in [1.165, 1.54) is 18.0 Å². The Morgan fingerprint density at radius 2 is 1.96 bits per heavy atom. The first-order chi connectivity index (χ1) is 12.0. The molecular formula is C18H18N2O4S. The van der Waals surface area contributed by atoms with Crippen LogP contribution in [0.15, 0.2) is 36.7 Å². The zero-order valence-corrected chi connectivity index (χ0v) is 14.3. The van der Waals surface area contributed by atoms with Crippen molar-refractivity contribution in [2.45, 2.75) is 30.7 Å². The second-order valence-electron chi connectivity index (χ2n) is 5.92. The fraction of sp³-hybridized carbons (Fsp3) is 0.333. The minimum absolute atomic E-state index is 0.283. The van der Waals surface area contributed by atoms with E-state index in [1.807, 2.05) is 19.1 Å². The number of hydrogen-bond donors (Lipinski definition) is 3. The van der Waals surface area contributed by atoms with E-state index in [0.29, 0.717) is 11.3 Å². The van der Waals surface area contributed by atoms with Crippen molar-refractivity contribution in [3.05, 3.63) is 47.8 Å². The van der Waals surface area contributed by atoms with Crippen molar-refractivity contribution >= 4 is 11.8 Å². The van der Waals surface area contributed by atoms with Crippen LogP contribution in [0, 0.1) is 18.3 Å². The van der Waals surface area contributed by atoms with Gasteiger partial charge in [0, 0.05) is 17.5 Å². The molecule has 4 atom stereocenters. The molecule has 0 amide bonds. The standard InChI is InChI=1S/C18H18N2O4S/c1-10-4-11(2-3-12(10)6-19)13-5-14(8-20-7-13)24-18-17(23)16(22)15(21)9-25-18/h2-5,7-8,15-18,21-23H,9H2,1H3/t15-,16+,17-,18+/m1/s1. The Labute approximate surface area is 149 Å². The molecule has 3 rings (SSSR count). The van der Waals surface area contributed by atoms with Gasteiger partial charge in [0.2, 0.25) is 0 Å². The molecule has 2 heterocycles. The van der Waals surface area contributed by atoms with E-state index in [-0.39, 0.29) is 5.75 Å². The number of aliphatic hydroxyl groups is 3. The highest BCUT2D eigenvalue weighted by Crippen LogP contribution is 2.31. The summed E-state index contributed by atoms with van der Waals surface area (Å²) in [7, 11) is 0. The van der Waals surface area contributed by atoms with Gasteiger partial charge >= 0.3 is 0 Å². The highest BCUT2D eigenvalue weighted by molar-refractivity contribution is 7.99. The van der Waals surface area contributed by atoms with Crippen LogP contribution in [0.2, 0.25) is 0 Å². The molecule has 3 N–H and O–H groups in total. The monoisotopic (exact) mass is 358 g/mol. The topological polar surface area (TPSA) is 107 Å². The lowest BCUT2D eigenvalue weighted by atomic mass is 10.0. The summed E-state index contributed by atoms with van der Waals surface area (Å²) in [5.74, 6) is 0.741. The zero-order chi connectivity index (χ0) is 18.0. The Hall–Kier alpha value is -2.11. The van der Waals surface area contributed by atoms with Crippen LogP contribution in [0.1, 0.15) is 11.1 Å². The van der Waals surface area contributed by atoms with Crippen molar-refractivity contribution < 1.29 is 20.1 Å². The lowest BCUT2D eigenvalue weighted by Crippen LogP contribution is -2.50. The number of nitriles is 1. The number of aliphatic hydroxyl groups excluding tert-OH is 3. The quantitative estimate of drug-likeness (QED) is 0.762. The van der Waals surface area contributed by atoms with Crippen molar-refractivity contribution in [1.82, 2.24) is 4.98 Å². The third-order valence-electron chi connectivity index (χ3n) is 4.10. The second kappa shape index (κ2) is 7.42. The molecule has 1 fully saturated rings. The smallest absolute Gasteiger partial charge is 0.173 e. The van der Waals surface area contributed by atoms with Gasteiger partial charge in [-0.25, -0.2) is 0 Å². The molecule has 1 saturated heterocycles. The van der Waals surface area contributed by atoms with Gasteiger partial charge in [0.25, 0.3) is 0 Å². The molecular weight excluding hydrogens is 340 g/mol. The molecule has 1 aromatic heterocycles. The fourth-order valence-corrected chi connectivity index (χ4v) is 3.75. The van der Waals surface area contributed by atoms with Gasteiger partial charge in [-0.15, -0.1) is 11.8 Å². The number of nitrogens with zero attached hydrogens (tertiary/aromatic N) is 2. The van der Waals surface area contributed by atoms with Crippen LogP contribution in [0.4, 0.5) is 0 Å². The van der Waals surface area contributed by atoms with E-state index >= 15 is 0 Å². The van der Waals surface area contributed by atoms with E-state index in [0.717, 1.165) is 16.7 Å². The van der Waals surface area contributed by atoms with Crippen molar-refractivity contribution in [1.29, 1.82) is 5.26 Å². The highest BCUT2D eigenvalue weighted by Gasteiger charge is 2.38. The van der Waals surface area contributed by atoms with Crippen LogP contribution >= 0.6 is 11.8 Å². The van der Waals surface area contributed by atoms with Gasteiger partial charge in [-0.1, -0.05) is 12.1 Å². The predicted octanol–water partition coefficient (Wildman–Crippen LogP) is 1.46. The first kappa shape index (κ1) is 17.7. The summed E-state index contributed by atoms with van der Waals surface area (Å²) in [5, 5.41) is 38.4. The van der Waals surface area contributed by atoms with E-state index < -0.39 is 23.7 Å². The Morgan fingerprint density at radius 1 is 1.16 bits per heavy atom. The summed E-state index contributed by atoms with van der Waals surface area (Å²) >= 11 is 1.24. The lowest BCUT2D eigenvalue weighted by Gasteiger charge is -2.34. The van der Waals surface area contributed by atoms with E-state index in [4.69, 9.17) is 10.00 Å². The van der Waals surface area contributed by atoms with Crippen LogP contribution < -0.4 is 4.74 Å². The first-order valence-corrected chi connectivity index (χ1v) is 8.83. The molecule has 25 heavy (non-hydrogen) atoms. The van der Waals surface area contributed by atoms with Gasteiger partial charge in [0.1, 0.15) is 18.0 Å². The Kier molecular flexibility index (Phi) is 5.25. The maximum Gasteiger partial charge on any atom is 0.173 e. The molecule has 0 radical (unpaired) electrons. The molecule has 7 heteroatoms. The lowest BCUT2D eigenvalue weighted by molar-refractivity contribution is -0.0786. The summed E-state index contributed by atoms with van der Waals surface area (Å²) in [5.41, 5.74) is 2.54. The predicted molar refractivity (Wildman–Crippen MR) is 94.0 cm³/mol. The number of hydrogen-bond acceptors (Lipinski definition) is 7. The summed E-state index contributed by atoms with van der Waals surface area (Å²) in [6.45, 7) is 1.87. The van der Waals surface area contributed by atoms with Crippen LogP contribution in [0.3, 0.4) is 0 Å². The van der Waals surface area contributed by atoms with Gasteiger partial charge < -0.3 is 20.1 Å². The normalized spacial score (nSPS) is 26.0. The Bertz CT molecular complexity index is 808. The van der Waals surface area contributed by atoms with Crippen molar-refractivity contribution in [2.75, 3.05) is 5.75 Å². The SMILES string of the molecule is Cc1cc(-c2cncc(O[C@H]3SC[C@@H](O)[C@H](O)[C@H]3O)c2)ccc1C#N. The average molecular weight is 358 g/mol. The fourth-order valence-electron chi connectivity index (χ4n) is 2.63.